The molecular formula is C15H26N2O3. The minimum atomic E-state index is -0.335. The maximum absolute atomic E-state index is 10.1. The van der Waals surface area contributed by atoms with Gasteiger partial charge in [0.2, 0.25) is 0 Å². The van der Waals surface area contributed by atoms with Crippen molar-refractivity contribution in [3.63, 3.8) is 0 Å². The molecule has 1 fully saturated rings. The summed E-state index contributed by atoms with van der Waals surface area (Å²) in [5, 5.41) is 10.1. The Bertz CT molecular complexity index is 388. The number of ether oxygens (including phenoxy) is 1. The maximum atomic E-state index is 10.1. The number of furan rings is 1. The van der Waals surface area contributed by atoms with Gasteiger partial charge in [-0.3, -0.25) is 9.80 Å². The van der Waals surface area contributed by atoms with Gasteiger partial charge in [0.15, 0.2) is 0 Å². The average Bonchev–Trinajstić information content (AvgIpc) is 2.87. The Hall–Kier alpha value is -0.880. The van der Waals surface area contributed by atoms with E-state index in [0.29, 0.717) is 13.1 Å². The molecule has 1 atom stereocenters. The van der Waals surface area contributed by atoms with Gasteiger partial charge in [-0.1, -0.05) is 6.92 Å². The molecule has 1 N–H and O–H groups in total. The highest BCUT2D eigenvalue weighted by Crippen LogP contribution is 2.10. The minimum Gasteiger partial charge on any atom is -0.465 e. The van der Waals surface area contributed by atoms with Crippen LogP contribution in [0, 0.1) is 0 Å². The summed E-state index contributed by atoms with van der Waals surface area (Å²) >= 11 is 0. The van der Waals surface area contributed by atoms with Crippen molar-refractivity contribution in [2.75, 3.05) is 46.4 Å². The number of morpholine rings is 1. The molecule has 1 unspecified atom stereocenters. The Balaban J connectivity index is 1.71. The molecule has 1 aromatic heterocycles. The number of rotatable bonds is 7. The summed E-state index contributed by atoms with van der Waals surface area (Å²) in [4.78, 5) is 4.35. The zero-order valence-corrected chi connectivity index (χ0v) is 12.5. The standard InChI is InChI=1S/C15H26N2O3/c1-3-14-4-5-15(20-14)12-16(2)10-13(18)11-17-6-8-19-9-7-17/h4-5,13,18H,3,6-12H2,1-2H3. The summed E-state index contributed by atoms with van der Waals surface area (Å²) in [5.74, 6) is 1.98. The molecule has 1 aliphatic heterocycles. The van der Waals surface area contributed by atoms with Gasteiger partial charge < -0.3 is 14.3 Å². The second-order valence-corrected chi connectivity index (χ2v) is 5.49. The third-order valence-electron chi connectivity index (χ3n) is 3.59. The molecule has 0 amide bonds. The Morgan fingerprint density at radius 3 is 2.65 bits per heavy atom. The van der Waals surface area contributed by atoms with Crippen LogP contribution >= 0.6 is 0 Å². The quantitative estimate of drug-likeness (QED) is 0.807. The van der Waals surface area contributed by atoms with E-state index in [1.165, 1.54) is 0 Å². The molecule has 0 aromatic carbocycles. The topological polar surface area (TPSA) is 49.1 Å². The van der Waals surface area contributed by atoms with Gasteiger partial charge in [-0.15, -0.1) is 0 Å². The van der Waals surface area contributed by atoms with Gasteiger partial charge in [0, 0.05) is 32.6 Å². The minimum absolute atomic E-state index is 0.335. The lowest BCUT2D eigenvalue weighted by atomic mass is 10.2. The molecule has 0 bridgehead atoms. The number of aryl methyl sites for hydroxylation is 1. The lowest BCUT2D eigenvalue weighted by Crippen LogP contribution is -2.43. The lowest BCUT2D eigenvalue weighted by Gasteiger charge is -2.29. The fourth-order valence-corrected chi connectivity index (χ4v) is 2.53. The van der Waals surface area contributed by atoms with Crippen LogP contribution in [-0.4, -0.2) is 67.5 Å². The molecule has 0 saturated carbocycles. The molecule has 114 valence electrons. The molecule has 5 heteroatoms. The fraction of sp³-hybridized carbons (Fsp3) is 0.733. The van der Waals surface area contributed by atoms with Crippen LogP contribution in [0.1, 0.15) is 18.4 Å². The SMILES string of the molecule is CCc1ccc(CN(C)CC(O)CN2CCOCC2)o1. The van der Waals surface area contributed by atoms with Crippen molar-refractivity contribution in [2.45, 2.75) is 26.0 Å². The monoisotopic (exact) mass is 282 g/mol. The first kappa shape index (κ1) is 15.5. The lowest BCUT2D eigenvalue weighted by molar-refractivity contribution is 0.00791. The Morgan fingerprint density at radius 1 is 1.30 bits per heavy atom. The summed E-state index contributed by atoms with van der Waals surface area (Å²) in [7, 11) is 2.01. The van der Waals surface area contributed by atoms with E-state index >= 15 is 0 Å². The number of likely N-dealkylation sites (N-methyl/N-ethyl adjacent to an activating group) is 1. The van der Waals surface area contributed by atoms with Crippen molar-refractivity contribution in [3.8, 4) is 0 Å². The molecule has 0 aliphatic carbocycles. The van der Waals surface area contributed by atoms with E-state index in [0.717, 1.165) is 50.8 Å². The Kier molecular flexibility index (Phi) is 6.04. The van der Waals surface area contributed by atoms with E-state index in [9.17, 15) is 5.11 Å². The molecule has 1 saturated heterocycles. The zero-order valence-electron chi connectivity index (χ0n) is 12.5. The van der Waals surface area contributed by atoms with E-state index in [2.05, 4.69) is 16.7 Å². The maximum Gasteiger partial charge on any atom is 0.118 e. The molecule has 2 rings (SSSR count). The summed E-state index contributed by atoms with van der Waals surface area (Å²) in [5.41, 5.74) is 0. The van der Waals surface area contributed by atoms with E-state index < -0.39 is 0 Å². The molecule has 20 heavy (non-hydrogen) atoms. The zero-order chi connectivity index (χ0) is 14.4. The molecule has 0 radical (unpaired) electrons. The van der Waals surface area contributed by atoms with Crippen LogP contribution in [0.2, 0.25) is 0 Å². The highest BCUT2D eigenvalue weighted by Gasteiger charge is 2.16. The summed E-state index contributed by atoms with van der Waals surface area (Å²) < 4.78 is 11.0. The second-order valence-electron chi connectivity index (χ2n) is 5.49. The van der Waals surface area contributed by atoms with Crippen molar-refractivity contribution < 1.29 is 14.3 Å². The van der Waals surface area contributed by atoms with Crippen LogP contribution in [0.3, 0.4) is 0 Å². The summed E-state index contributed by atoms with van der Waals surface area (Å²) in [6.07, 6.45) is 0.585. The van der Waals surface area contributed by atoms with Crippen LogP contribution in [-0.2, 0) is 17.7 Å². The molecular weight excluding hydrogens is 256 g/mol. The van der Waals surface area contributed by atoms with Crippen molar-refractivity contribution in [1.29, 1.82) is 0 Å². The largest absolute Gasteiger partial charge is 0.465 e. The molecule has 1 aliphatic rings. The molecule has 0 spiro atoms. The van der Waals surface area contributed by atoms with Gasteiger partial charge in [0.05, 0.1) is 25.9 Å². The Morgan fingerprint density at radius 2 is 2.00 bits per heavy atom. The van der Waals surface area contributed by atoms with Gasteiger partial charge in [0.1, 0.15) is 11.5 Å². The van der Waals surface area contributed by atoms with Crippen LogP contribution < -0.4 is 0 Å². The fourth-order valence-electron chi connectivity index (χ4n) is 2.53. The Labute approximate surface area is 121 Å². The van der Waals surface area contributed by atoms with Gasteiger partial charge >= 0.3 is 0 Å². The first-order chi connectivity index (χ1) is 9.67. The number of hydrogen-bond acceptors (Lipinski definition) is 5. The van der Waals surface area contributed by atoms with Crippen molar-refractivity contribution in [2.24, 2.45) is 0 Å². The number of aliphatic hydroxyl groups excluding tert-OH is 1. The van der Waals surface area contributed by atoms with Gasteiger partial charge in [-0.25, -0.2) is 0 Å². The predicted molar refractivity (Wildman–Crippen MR) is 77.7 cm³/mol. The third kappa shape index (κ3) is 4.90. The summed E-state index contributed by atoms with van der Waals surface area (Å²) in [6, 6.07) is 4.04. The normalized spacial score (nSPS) is 18.6. The van der Waals surface area contributed by atoms with Crippen LogP contribution in [0.15, 0.2) is 16.5 Å². The van der Waals surface area contributed by atoms with E-state index in [4.69, 9.17) is 9.15 Å². The van der Waals surface area contributed by atoms with Crippen molar-refractivity contribution >= 4 is 0 Å². The highest BCUT2D eigenvalue weighted by atomic mass is 16.5. The molecule has 1 aromatic rings. The smallest absolute Gasteiger partial charge is 0.118 e. The molecule has 2 heterocycles. The van der Waals surface area contributed by atoms with E-state index in [-0.39, 0.29) is 6.10 Å². The van der Waals surface area contributed by atoms with Gasteiger partial charge in [0.25, 0.3) is 0 Å². The van der Waals surface area contributed by atoms with Gasteiger partial charge in [-0.05, 0) is 19.2 Å². The van der Waals surface area contributed by atoms with Crippen LogP contribution in [0.5, 0.6) is 0 Å². The van der Waals surface area contributed by atoms with Crippen molar-refractivity contribution in [3.05, 3.63) is 23.7 Å². The van der Waals surface area contributed by atoms with E-state index in [1.54, 1.807) is 0 Å². The average molecular weight is 282 g/mol. The summed E-state index contributed by atoms with van der Waals surface area (Å²) in [6.45, 7) is 7.56. The van der Waals surface area contributed by atoms with E-state index in [1.807, 2.05) is 19.2 Å². The van der Waals surface area contributed by atoms with Crippen LogP contribution in [0.4, 0.5) is 0 Å². The number of hydrogen-bond donors (Lipinski definition) is 1. The number of aliphatic hydroxyl groups is 1. The predicted octanol–water partition coefficient (Wildman–Crippen LogP) is 0.967. The number of β-amino-alcohol motifs (C(OH)–C–C–N with tert-alkyl or cyclic N) is 1. The van der Waals surface area contributed by atoms with Gasteiger partial charge in [-0.2, -0.15) is 0 Å². The first-order valence-corrected chi connectivity index (χ1v) is 7.41. The first-order valence-electron chi connectivity index (χ1n) is 7.41. The van der Waals surface area contributed by atoms with Crippen molar-refractivity contribution in [1.82, 2.24) is 9.80 Å². The third-order valence-corrected chi connectivity index (χ3v) is 3.59. The number of nitrogens with zero attached hydrogens (tertiary/aromatic N) is 2. The van der Waals surface area contributed by atoms with Crippen LogP contribution in [0.25, 0.3) is 0 Å². The molecule has 5 nitrogen and oxygen atoms in total. The highest BCUT2D eigenvalue weighted by molar-refractivity contribution is 5.06. The second kappa shape index (κ2) is 7.78.